The number of phenols is 1. The fourth-order valence-electron chi connectivity index (χ4n) is 1.72. The molecule has 1 aromatic carbocycles. The van der Waals surface area contributed by atoms with Crippen LogP contribution < -0.4 is 4.57 Å². The van der Waals surface area contributed by atoms with Crippen LogP contribution in [0, 0.1) is 0 Å². The van der Waals surface area contributed by atoms with Crippen LogP contribution in [0.15, 0.2) is 48.8 Å². The van der Waals surface area contributed by atoms with E-state index in [2.05, 4.69) is 0 Å². The molecule has 0 amide bonds. The van der Waals surface area contributed by atoms with Gasteiger partial charge in [0.1, 0.15) is 5.75 Å². The maximum absolute atomic E-state index is 10.9. The summed E-state index contributed by atoms with van der Waals surface area (Å²) in [5.74, 6) is -0.618. The first-order valence-corrected chi connectivity index (χ1v) is 6.27. The van der Waals surface area contributed by atoms with Crippen LogP contribution >= 0.6 is 0 Å². The third-order valence-corrected chi connectivity index (χ3v) is 3.04. The molecule has 1 heterocycles. The molecule has 20 heavy (non-hydrogen) atoms. The van der Waals surface area contributed by atoms with Crippen LogP contribution in [-0.4, -0.2) is 16.2 Å². The Hall–Kier alpha value is -2.62. The highest BCUT2D eigenvalue weighted by Crippen LogP contribution is 2.12. The normalized spacial score (nSPS) is 12.4. The third kappa shape index (κ3) is 3.45. The van der Waals surface area contributed by atoms with E-state index in [0.717, 1.165) is 11.1 Å². The van der Waals surface area contributed by atoms with Gasteiger partial charge in [-0.05, 0) is 23.3 Å². The summed E-state index contributed by atoms with van der Waals surface area (Å²) in [6.07, 6.45) is 7.35. The van der Waals surface area contributed by atoms with Crippen LogP contribution in [0.2, 0.25) is 0 Å². The minimum absolute atomic E-state index is 0.241. The van der Waals surface area contributed by atoms with Crippen LogP contribution in [0.1, 0.15) is 24.1 Å². The average Bonchev–Trinajstić information content (AvgIpc) is 2.46. The predicted molar refractivity (Wildman–Crippen MR) is 76.0 cm³/mol. The molecule has 0 spiro atoms. The second kappa shape index (κ2) is 6.02. The fraction of sp³-hybridized carbons (Fsp3) is 0.125. The molecular weight excluding hydrogens is 254 g/mol. The van der Waals surface area contributed by atoms with Gasteiger partial charge in [-0.25, -0.2) is 4.79 Å². The Kier molecular flexibility index (Phi) is 4.15. The Balaban J connectivity index is 2.10. The van der Waals surface area contributed by atoms with Gasteiger partial charge in [-0.3, -0.25) is 0 Å². The smallest absolute Gasteiger partial charge is 0.373 e. The number of rotatable bonds is 4. The van der Waals surface area contributed by atoms with E-state index in [1.165, 1.54) is 0 Å². The molecule has 0 bridgehead atoms. The number of hydrogen-bond donors (Lipinski definition) is 2. The molecule has 4 heteroatoms. The predicted octanol–water partition coefficient (Wildman–Crippen LogP) is 2.50. The van der Waals surface area contributed by atoms with Crippen molar-refractivity contribution in [2.24, 2.45) is 0 Å². The van der Waals surface area contributed by atoms with Crippen molar-refractivity contribution in [2.45, 2.75) is 13.0 Å². The molecule has 0 saturated carbocycles. The maximum atomic E-state index is 10.9. The van der Waals surface area contributed by atoms with E-state index in [1.807, 2.05) is 36.4 Å². The summed E-state index contributed by atoms with van der Waals surface area (Å²) in [4.78, 5) is 10.9. The minimum atomic E-state index is -0.859. The molecule has 0 aliphatic heterocycles. The van der Waals surface area contributed by atoms with Gasteiger partial charge in [0.15, 0.2) is 12.4 Å². The van der Waals surface area contributed by atoms with Gasteiger partial charge in [0, 0.05) is 19.1 Å². The quantitative estimate of drug-likeness (QED) is 0.839. The van der Waals surface area contributed by atoms with Gasteiger partial charge in [0.05, 0.1) is 0 Å². The van der Waals surface area contributed by atoms with Gasteiger partial charge in [-0.1, -0.05) is 24.3 Å². The summed E-state index contributed by atoms with van der Waals surface area (Å²) >= 11 is 0. The van der Waals surface area contributed by atoms with E-state index in [-0.39, 0.29) is 5.75 Å². The first-order chi connectivity index (χ1) is 9.56. The molecule has 1 aromatic heterocycles. The topological polar surface area (TPSA) is 61.4 Å². The van der Waals surface area contributed by atoms with Crippen molar-refractivity contribution in [1.82, 2.24) is 0 Å². The maximum Gasteiger partial charge on any atom is 0.373 e. The van der Waals surface area contributed by atoms with Gasteiger partial charge in [0.25, 0.3) is 6.04 Å². The van der Waals surface area contributed by atoms with E-state index in [0.29, 0.717) is 0 Å². The lowest BCUT2D eigenvalue weighted by Gasteiger charge is -2.01. The summed E-state index contributed by atoms with van der Waals surface area (Å²) in [7, 11) is 0. The first kappa shape index (κ1) is 13.8. The fourth-order valence-corrected chi connectivity index (χ4v) is 1.72. The largest absolute Gasteiger partial charge is 0.508 e. The lowest BCUT2D eigenvalue weighted by Crippen LogP contribution is -2.41. The van der Waals surface area contributed by atoms with Gasteiger partial charge in [0.2, 0.25) is 0 Å². The van der Waals surface area contributed by atoms with Crippen molar-refractivity contribution in [2.75, 3.05) is 0 Å². The van der Waals surface area contributed by atoms with E-state index in [9.17, 15) is 9.90 Å². The minimum Gasteiger partial charge on any atom is -0.508 e. The Morgan fingerprint density at radius 2 is 1.55 bits per heavy atom. The molecular formula is C16H16NO3+. The van der Waals surface area contributed by atoms with Crippen molar-refractivity contribution >= 4 is 18.1 Å². The summed E-state index contributed by atoms with van der Waals surface area (Å²) in [6.45, 7) is 1.63. The molecule has 0 aliphatic rings. The van der Waals surface area contributed by atoms with Crippen LogP contribution in [0.5, 0.6) is 5.75 Å². The zero-order valence-electron chi connectivity index (χ0n) is 11.1. The molecule has 0 saturated heterocycles. The summed E-state index contributed by atoms with van der Waals surface area (Å²) in [5, 5.41) is 18.1. The van der Waals surface area contributed by atoms with Crippen LogP contribution in [0.3, 0.4) is 0 Å². The van der Waals surface area contributed by atoms with E-state index >= 15 is 0 Å². The number of carboxylic acid groups (broad SMARTS) is 1. The highest BCUT2D eigenvalue weighted by Gasteiger charge is 2.19. The molecule has 4 nitrogen and oxygen atoms in total. The number of aromatic hydroxyl groups is 1. The number of nitrogens with zero attached hydrogens (tertiary/aromatic N) is 1. The molecule has 2 N–H and O–H groups in total. The third-order valence-electron chi connectivity index (χ3n) is 3.04. The Labute approximate surface area is 117 Å². The molecule has 1 atom stereocenters. The molecule has 1 unspecified atom stereocenters. The zero-order chi connectivity index (χ0) is 14.5. The van der Waals surface area contributed by atoms with Gasteiger partial charge in [-0.2, -0.15) is 4.57 Å². The monoisotopic (exact) mass is 270 g/mol. The van der Waals surface area contributed by atoms with Crippen LogP contribution in [-0.2, 0) is 4.79 Å². The number of aliphatic carboxylic acids is 1. The van der Waals surface area contributed by atoms with Crippen LogP contribution in [0.4, 0.5) is 0 Å². The summed E-state index contributed by atoms with van der Waals surface area (Å²) in [6, 6.07) is 10.0. The number of hydrogen-bond acceptors (Lipinski definition) is 2. The number of aromatic nitrogens is 1. The number of carbonyl (C=O) groups is 1. The van der Waals surface area contributed by atoms with Gasteiger partial charge in [-0.15, -0.1) is 0 Å². The lowest BCUT2D eigenvalue weighted by molar-refractivity contribution is -0.707. The standard InChI is InChI=1S/C16H15NO3/c1-12(16(19)20)17-10-8-14(9-11-17)3-2-13-4-6-15(18)7-5-13/h2-12H,1H3,(H,19,20)/p+1. The van der Waals surface area contributed by atoms with E-state index < -0.39 is 12.0 Å². The zero-order valence-corrected chi connectivity index (χ0v) is 11.1. The second-order valence-electron chi connectivity index (χ2n) is 4.52. The van der Waals surface area contributed by atoms with Gasteiger partial charge < -0.3 is 10.2 Å². The number of benzene rings is 1. The van der Waals surface area contributed by atoms with Gasteiger partial charge >= 0.3 is 5.97 Å². The Morgan fingerprint density at radius 3 is 2.05 bits per heavy atom. The molecule has 0 aliphatic carbocycles. The molecule has 0 fully saturated rings. The first-order valence-electron chi connectivity index (χ1n) is 6.27. The number of carboxylic acids is 1. The molecule has 2 rings (SSSR count). The Morgan fingerprint density at radius 1 is 1.05 bits per heavy atom. The van der Waals surface area contributed by atoms with Crippen LogP contribution in [0.25, 0.3) is 12.2 Å². The van der Waals surface area contributed by atoms with Crippen molar-refractivity contribution in [3.8, 4) is 5.75 Å². The summed E-state index contributed by atoms with van der Waals surface area (Å²) < 4.78 is 1.64. The summed E-state index contributed by atoms with van der Waals surface area (Å²) in [5.41, 5.74) is 1.96. The van der Waals surface area contributed by atoms with Crippen molar-refractivity contribution < 1.29 is 19.6 Å². The molecule has 102 valence electrons. The van der Waals surface area contributed by atoms with Crippen molar-refractivity contribution in [3.63, 3.8) is 0 Å². The highest BCUT2D eigenvalue weighted by atomic mass is 16.4. The van der Waals surface area contributed by atoms with E-state index in [1.54, 1.807) is 36.0 Å². The molecule has 0 radical (unpaired) electrons. The number of phenolic OH excluding ortho intramolecular Hbond substituents is 1. The van der Waals surface area contributed by atoms with Crippen molar-refractivity contribution in [3.05, 3.63) is 59.9 Å². The van der Waals surface area contributed by atoms with E-state index in [4.69, 9.17) is 5.11 Å². The Bertz CT molecular complexity index is 615. The SMILES string of the molecule is CC(C(=O)O)[n+]1ccc(/C=C/c2ccc(O)cc2)cc1. The lowest BCUT2D eigenvalue weighted by atomic mass is 10.1. The molecule has 2 aromatic rings. The van der Waals surface area contributed by atoms with Crippen molar-refractivity contribution in [1.29, 1.82) is 0 Å². The average molecular weight is 270 g/mol. The second-order valence-corrected chi connectivity index (χ2v) is 4.52. The number of pyridine rings is 1. The highest BCUT2D eigenvalue weighted by molar-refractivity contribution is 5.70.